The number of aliphatic imine (C=N–C) groups is 1. The van der Waals surface area contributed by atoms with Crippen LogP contribution >= 0.6 is 11.8 Å². The van der Waals surface area contributed by atoms with Crippen molar-refractivity contribution in [3.05, 3.63) is 146 Å². The van der Waals surface area contributed by atoms with Crippen LogP contribution in [0.3, 0.4) is 0 Å². The molecule has 0 spiro atoms. The molecule has 6 rings (SSSR count). The van der Waals surface area contributed by atoms with Gasteiger partial charge in [-0.25, -0.2) is 4.99 Å². The van der Waals surface area contributed by atoms with E-state index in [-0.39, 0.29) is 18.2 Å². The van der Waals surface area contributed by atoms with Gasteiger partial charge in [0.15, 0.2) is 5.17 Å². The minimum Gasteiger partial charge on any atom is -0.488 e. The fraction of sp³-hybridized carbons (Fsp3) is 0.0857. The predicted octanol–water partition coefficient (Wildman–Crippen LogP) is 8.75. The van der Waals surface area contributed by atoms with Gasteiger partial charge in [0.2, 0.25) is 0 Å². The first-order valence-corrected chi connectivity index (χ1v) is 14.5. The van der Waals surface area contributed by atoms with Crippen LogP contribution in [0.5, 0.6) is 5.75 Å². The Kier molecular flexibility index (Phi) is 7.77. The van der Waals surface area contributed by atoms with E-state index in [4.69, 9.17) is 9.73 Å². The van der Waals surface area contributed by atoms with E-state index in [2.05, 4.69) is 0 Å². The monoisotopic (exact) mass is 585 g/mol. The van der Waals surface area contributed by atoms with Crippen LogP contribution in [0.4, 0.5) is 17.1 Å². The lowest BCUT2D eigenvalue weighted by Gasteiger charge is -2.16. The van der Waals surface area contributed by atoms with Crippen molar-refractivity contribution >= 4 is 56.7 Å². The van der Waals surface area contributed by atoms with Gasteiger partial charge in [0, 0.05) is 17.7 Å². The molecule has 0 aromatic heterocycles. The van der Waals surface area contributed by atoms with Crippen LogP contribution in [-0.2, 0) is 11.4 Å². The highest BCUT2D eigenvalue weighted by Gasteiger charge is 2.35. The molecule has 0 unspecified atom stereocenters. The Morgan fingerprint density at radius 1 is 0.860 bits per heavy atom. The highest BCUT2D eigenvalue weighted by atomic mass is 32.2. The molecule has 43 heavy (non-hydrogen) atoms. The lowest BCUT2D eigenvalue weighted by Crippen LogP contribution is -2.28. The van der Waals surface area contributed by atoms with Crippen molar-refractivity contribution in [3.8, 4) is 5.75 Å². The van der Waals surface area contributed by atoms with Gasteiger partial charge < -0.3 is 4.74 Å². The molecule has 5 aromatic carbocycles. The average molecular weight is 586 g/mol. The first-order valence-electron chi connectivity index (χ1n) is 13.7. The van der Waals surface area contributed by atoms with E-state index in [0.29, 0.717) is 15.8 Å². The summed E-state index contributed by atoms with van der Waals surface area (Å²) in [5.41, 5.74) is 5.33. The van der Waals surface area contributed by atoms with Crippen molar-refractivity contribution in [2.24, 2.45) is 4.99 Å². The van der Waals surface area contributed by atoms with E-state index in [1.807, 2.05) is 105 Å². The normalized spacial score (nSPS) is 15.0. The molecular formula is C35H27N3O4S. The maximum Gasteiger partial charge on any atom is 0.271 e. The first-order chi connectivity index (χ1) is 20.9. The second kappa shape index (κ2) is 12.0. The van der Waals surface area contributed by atoms with Crippen LogP contribution in [0.25, 0.3) is 16.8 Å². The Bertz CT molecular complexity index is 1900. The van der Waals surface area contributed by atoms with E-state index >= 15 is 0 Å². The lowest BCUT2D eigenvalue weighted by atomic mass is 10.0. The number of carbonyl (C=O) groups is 1. The minimum atomic E-state index is -0.426. The molecule has 5 aromatic rings. The molecule has 212 valence electrons. The number of ether oxygens (including phenoxy) is 1. The number of nitro groups is 1. The number of amidine groups is 1. The predicted molar refractivity (Wildman–Crippen MR) is 174 cm³/mol. The van der Waals surface area contributed by atoms with Gasteiger partial charge >= 0.3 is 0 Å². The van der Waals surface area contributed by atoms with Gasteiger partial charge in [-0.3, -0.25) is 19.8 Å². The van der Waals surface area contributed by atoms with Crippen LogP contribution in [0.2, 0.25) is 0 Å². The van der Waals surface area contributed by atoms with Crippen molar-refractivity contribution in [2.75, 3.05) is 4.90 Å². The third-order valence-corrected chi connectivity index (χ3v) is 8.07. The number of benzene rings is 5. The molecule has 0 bridgehead atoms. The van der Waals surface area contributed by atoms with Gasteiger partial charge in [-0.1, -0.05) is 65.7 Å². The molecule has 7 nitrogen and oxygen atoms in total. The van der Waals surface area contributed by atoms with Crippen molar-refractivity contribution in [1.82, 2.24) is 0 Å². The molecular weight excluding hydrogens is 558 g/mol. The van der Waals surface area contributed by atoms with Crippen molar-refractivity contribution in [2.45, 2.75) is 20.5 Å². The lowest BCUT2D eigenvalue weighted by molar-refractivity contribution is -0.384. The molecule has 0 aliphatic carbocycles. The number of rotatable bonds is 7. The maximum absolute atomic E-state index is 14.0. The number of carbonyl (C=O) groups excluding carboxylic acids is 1. The second-order valence-corrected chi connectivity index (χ2v) is 11.2. The van der Waals surface area contributed by atoms with Crippen LogP contribution in [-0.4, -0.2) is 16.0 Å². The number of amides is 1. The molecule has 1 saturated heterocycles. The smallest absolute Gasteiger partial charge is 0.271 e. The van der Waals surface area contributed by atoms with Crippen LogP contribution in [0, 0.1) is 24.0 Å². The Labute approximate surface area is 253 Å². The molecule has 0 atom stereocenters. The molecule has 1 fully saturated rings. The van der Waals surface area contributed by atoms with E-state index in [0.717, 1.165) is 44.4 Å². The number of aryl methyl sites for hydroxylation is 2. The SMILES string of the molecule is Cc1ccc(N=C2S/C(=C/c3c(OCc4ccc([N+](=O)[O-])cc4)ccc4ccccc34)C(=O)N2c2ccc(C)cc2)cc1. The molecule has 8 heteroatoms. The standard InChI is InChI=1S/C35H27N3O4S/c1-23-7-14-27(15-8-23)36-35-37(28-16-9-24(2)10-17-28)34(39)33(43-35)21-31-30-6-4-3-5-26(30)13-20-32(31)42-22-25-11-18-29(19-12-25)38(40)41/h3-21H,22H2,1-2H3/b33-21+,36-35?. The highest BCUT2D eigenvalue weighted by molar-refractivity contribution is 8.19. The molecule has 1 amide bonds. The summed E-state index contributed by atoms with van der Waals surface area (Å²) >= 11 is 1.32. The zero-order chi connectivity index (χ0) is 29.9. The third-order valence-electron chi connectivity index (χ3n) is 7.10. The van der Waals surface area contributed by atoms with Gasteiger partial charge in [-0.15, -0.1) is 0 Å². The van der Waals surface area contributed by atoms with E-state index in [1.165, 1.54) is 23.9 Å². The van der Waals surface area contributed by atoms with Crippen LogP contribution in [0.1, 0.15) is 22.3 Å². The van der Waals surface area contributed by atoms with Crippen LogP contribution < -0.4 is 9.64 Å². The summed E-state index contributed by atoms with van der Waals surface area (Å²) in [6, 6.07) is 33.8. The molecule has 1 heterocycles. The topological polar surface area (TPSA) is 85.0 Å². The molecule has 1 aliphatic rings. The van der Waals surface area contributed by atoms with E-state index < -0.39 is 4.92 Å². The van der Waals surface area contributed by atoms with Gasteiger partial charge in [0.05, 0.1) is 21.2 Å². The number of hydrogen-bond acceptors (Lipinski definition) is 6. The fourth-order valence-corrected chi connectivity index (χ4v) is 5.74. The number of nitro benzene ring substituents is 1. The van der Waals surface area contributed by atoms with Crippen molar-refractivity contribution in [1.29, 1.82) is 0 Å². The third kappa shape index (κ3) is 6.05. The van der Waals surface area contributed by atoms with Gasteiger partial charge in [-0.05, 0) is 90.5 Å². The Balaban J connectivity index is 1.40. The summed E-state index contributed by atoms with van der Waals surface area (Å²) in [5, 5.41) is 13.6. The summed E-state index contributed by atoms with van der Waals surface area (Å²) in [5.74, 6) is 0.428. The quantitative estimate of drug-likeness (QED) is 0.108. The number of thioether (sulfide) groups is 1. The van der Waals surface area contributed by atoms with Crippen LogP contribution in [0.15, 0.2) is 119 Å². The molecule has 1 aliphatic heterocycles. The summed E-state index contributed by atoms with van der Waals surface area (Å²) in [4.78, 5) is 31.7. The summed E-state index contributed by atoms with van der Waals surface area (Å²) < 4.78 is 6.26. The number of anilines is 1. The molecule has 0 radical (unpaired) electrons. The molecule has 0 N–H and O–H groups in total. The van der Waals surface area contributed by atoms with Gasteiger partial charge in [0.1, 0.15) is 12.4 Å². The molecule has 0 saturated carbocycles. The average Bonchev–Trinajstić information content (AvgIpc) is 3.32. The Morgan fingerprint density at radius 3 is 2.23 bits per heavy atom. The van der Waals surface area contributed by atoms with Crippen molar-refractivity contribution in [3.63, 3.8) is 0 Å². The van der Waals surface area contributed by atoms with Gasteiger partial charge in [-0.2, -0.15) is 0 Å². The summed E-state index contributed by atoms with van der Waals surface area (Å²) in [7, 11) is 0. The van der Waals surface area contributed by atoms with E-state index in [1.54, 1.807) is 17.0 Å². The number of non-ortho nitro benzene ring substituents is 1. The zero-order valence-electron chi connectivity index (χ0n) is 23.6. The summed E-state index contributed by atoms with van der Waals surface area (Å²) in [6.07, 6.45) is 1.87. The highest BCUT2D eigenvalue weighted by Crippen LogP contribution is 2.40. The number of hydrogen-bond donors (Lipinski definition) is 0. The largest absolute Gasteiger partial charge is 0.488 e. The van der Waals surface area contributed by atoms with Gasteiger partial charge in [0.25, 0.3) is 11.6 Å². The Hall–Kier alpha value is -5.21. The number of fused-ring (bicyclic) bond motifs is 1. The first kappa shape index (κ1) is 27.9. The fourth-order valence-electron chi connectivity index (χ4n) is 4.76. The maximum atomic E-state index is 14.0. The Morgan fingerprint density at radius 2 is 1.53 bits per heavy atom. The summed E-state index contributed by atoms with van der Waals surface area (Å²) in [6.45, 7) is 4.24. The number of nitrogens with zero attached hydrogens (tertiary/aromatic N) is 3. The van der Waals surface area contributed by atoms with Crippen molar-refractivity contribution < 1.29 is 14.5 Å². The minimum absolute atomic E-state index is 0.0258. The second-order valence-electron chi connectivity index (χ2n) is 10.2. The van der Waals surface area contributed by atoms with E-state index in [9.17, 15) is 14.9 Å². The zero-order valence-corrected chi connectivity index (χ0v) is 24.4.